The summed E-state index contributed by atoms with van der Waals surface area (Å²) in [5.41, 5.74) is 0.496. The fourth-order valence-electron chi connectivity index (χ4n) is 2.95. The van der Waals surface area contributed by atoms with Crippen molar-refractivity contribution < 1.29 is 22.4 Å². The maximum Gasteiger partial charge on any atom is 0.240 e. The fourth-order valence-corrected chi connectivity index (χ4v) is 4.09. The van der Waals surface area contributed by atoms with Crippen molar-refractivity contribution in [1.82, 2.24) is 9.71 Å². The molecule has 8 heteroatoms. The van der Waals surface area contributed by atoms with Crippen LogP contribution in [-0.4, -0.2) is 25.1 Å². The van der Waals surface area contributed by atoms with Crippen LogP contribution in [0.2, 0.25) is 0 Å². The highest BCUT2D eigenvalue weighted by Gasteiger charge is 2.30. The number of furan rings is 1. The highest BCUT2D eigenvalue weighted by Crippen LogP contribution is 2.28. The van der Waals surface area contributed by atoms with Crippen molar-refractivity contribution in [3.8, 4) is 11.3 Å². The highest BCUT2D eigenvalue weighted by atomic mass is 32.2. The molecule has 150 valence electrons. The number of hydrogen-bond donors (Lipinski definition) is 2. The van der Waals surface area contributed by atoms with Gasteiger partial charge in [0.25, 0.3) is 0 Å². The number of sulfonamides is 1. The Hall–Kier alpha value is -2.94. The minimum absolute atomic E-state index is 0.0851. The Morgan fingerprint density at radius 2 is 1.86 bits per heavy atom. The standard InChI is InChI=1S/C21H20N2O5S/c1-14-23-18(12-27-14)15-7-9-17(10-8-15)29(25,26)22-13-21(2,24)20-11-16-5-3-4-6-19(16)28-20/h3-12,22,24H,13H2,1-2H3/t21-/m1/s1. The van der Waals surface area contributed by atoms with Gasteiger partial charge in [0.2, 0.25) is 10.0 Å². The van der Waals surface area contributed by atoms with E-state index < -0.39 is 15.6 Å². The average Bonchev–Trinajstić information content (AvgIpc) is 3.33. The van der Waals surface area contributed by atoms with Crippen LogP contribution in [0.25, 0.3) is 22.2 Å². The lowest BCUT2D eigenvalue weighted by atomic mass is 10.0. The summed E-state index contributed by atoms with van der Waals surface area (Å²) in [7, 11) is -3.82. The lowest BCUT2D eigenvalue weighted by molar-refractivity contribution is 0.0412. The number of oxazole rings is 1. The monoisotopic (exact) mass is 412 g/mol. The van der Waals surface area contributed by atoms with Gasteiger partial charge in [-0.05, 0) is 31.2 Å². The zero-order chi connectivity index (χ0) is 20.6. The topological polar surface area (TPSA) is 106 Å². The first-order valence-electron chi connectivity index (χ1n) is 8.98. The molecule has 2 aromatic carbocycles. The van der Waals surface area contributed by atoms with Gasteiger partial charge in [0.05, 0.1) is 4.90 Å². The van der Waals surface area contributed by atoms with Gasteiger partial charge in [0.15, 0.2) is 5.89 Å². The molecule has 4 rings (SSSR count). The predicted octanol–water partition coefficient (Wildman–Crippen LogP) is 3.58. The van der Waals surface area contributed by atoms with E-state index in [1.807, 2.05) is 18.2 Å². The molecule has 0 aliphatic carbocycles. The predicted molar refractivity (Wildman–Crippen MR) is 108 cm³/mol. The molecule has 0 amide bonds. The van der Waals surface area contributed by atoms with Crippen LogP contribution >= 0.6 is 0 Å². The number of benzene rings is 2. The SMILES string of the molecule is Cc1nc(-c2ccc(S(=O)(=O)NC[C@@](C)(O)c3cc4ccccc4o3)cc2)co1. The van der Waals surface area contributed by atoms with Gasteiger partial charge < -0.3 is 13.9 Å². The first kappa shape index (κ1) is 19.4. The molecule has 0 radical (unpaired) electrons. The minimum atomic E-state index is -3.82. The number of para-hydroxylation sites is 1. The number of hydrogen-bond acceptors (Lipinski definition) is 6. The summed E-state index contributed by atoms with van der Waals surface area (Å²) in [6.07, 6.45) is 1.52. The third kappa shape index (κ3) is 3.95. The van der Waals surface area contributed by atoms with Crippen molar-refractivity contribution >= 4 is 21.0 Å². The number of rotatable bonds is 6. The molecule has 2 aromatic heterocycles. The van der Waals surface area contributed by atoms with Crippen LogP contribution in [0.1, 0.15) is 18.6 Å². The Labute approximate surface area is 168 Å². The van der Waals surface area contributed by atoms with Gasteiger partial charge in [0, 0.05) is 24.4 Å². The molecule has 0 bridgehead atoms. The maximum atomic E-state index is 12.6. The second-order valence-electron chi connectivity index (χ2n) is 7.02. The van der Waals surface area contributed by atoms with E-state index in [4.69, 9.17) is 8.83 Å². The van der Waals surface area contributed by atoms with E-state index >= 15 is 0 Å². The van der Waals surface area contributed by atoms with Gasteiger partial charge in [-0.25, -0.2) is 18.1 Å². The van der Waals surface area contributed by atoms with E-state index in [0.717, 1.165) is 10.9 Å². The van der Waals surface area contributed by atoms with Crippen LogP contribution in [0.5, 0.6) is 0 Å². The summed E-state index contributed by atoms with van der Waals surface area (Å²) in [5.74, 6) is 0.823. The van der Waals surface area contributed by atoms with E-state index in [0.29, 0.717) is 17.2 Å². The van der Waals surface area contributed by atoms with Crippen molar-refractivity contribution in [2.45, 2.75) is 24.3 Å². The summed E-state index contributed by atoms with van der Waals surface area (Å²) in [5, 5.41) is 11.6. The first-order chi connectivity index (χ1) is 13.7. The van der Waals surface area contributed by atoms with E-state index in [2.05, 4.69) is 9.71 Å². The van der Waals surface area contributed by atoms with Crippen LogP contribution < -0.4 is 4.72 Å². The molecule has 1 atom stereocenters. The molecule has 29 heavy (non-hydrogen) atoms. The summed E-state index contributed by atoms with van der Waals surface area (Å²) in [6.45, 7) is 3.00. The molecule has 0 saturated heterocycles. The van der Waals surface area contributed by atoms with E-state index in [9.17, 15) is 13.5 Å². The van der Waals surface area contributed by atoms with Crippen molar-refractivity contribution in [3.05, 3.63) is 72.5 Å². The molecule has 0 aliphatic heterocycles. The molecule has 7 nitrogen and oxygen atoms in total. The summed E-state index contributed by atoms with van der Waals surface area (Å²) >= 11 is 0. The Kier molecular flexibility index (Phi) is 4.77. The third-order valence-corrected chi connectivity index (χ3v) is 6.06. The molecule has 2 heterocycles. The normalized spacial score (nSPS) is 14.2. The lowest BCUT2D eigenvalue weighted by Gasteiger charge is -2.21. The van der Waals surface area contributed by atoms with E-state index in [1.54, 1.807) is 31.2 Å². The second-order valence-corrected chi connectivity index (χ2v) is 8.79. The molecule has 4 aromatic rings. The highest BCUT2D eigenvalue weighted by molar-refractivity contribution is 7.89. The van der Waals surface area contributed by atoms with Crippen LogP contribution in [0.4, 0.5) is 0 Å². The molecule has 0 saturated carbocycles. The molecular formula is C21H20N2O5S. The summed E-state index contributed by atoms with van der Waals surface area (Å²) in [4.78, 5) is 4.30. The molecule has 0 fully saturated rings. The number of aryl methyl sites for hydroxylation is 1. The summed E-state index contributed by atoms with van der Waals surface area (Å²) < 4.78 is 38.6. The minimum Gasteiger partial charge on any atom is -0.458 e. The van der Waals surface area contributed by atoms with E-state index in [1.165, 1.54) is 25.3 Å². The largest absolute Gasteiger partial charge is 0.458 e. The number of aromatic nitrogens is 1. The van der Waals surface area contributed by atoms with Gasteiger partial charge >= 0.3 is 0 Å². The van der Waals surface area contributed by atoms with Crippen LogP contribution in [0, 0.1) is 6.92 Å². The smallest absolute Gasteiger partial charge is 0.240 e. The van der Waals surface area contributed by atoms with Crippen LogP contribution in [0.15, 0.2) is 74.6 Å². The number of nitrogens with one attached hydrogen (secondary N) is 1. The van der Waals surface area contributed by atoms with Crippen LogP contribution in [-0.2, 0) is 15.6 Å². The lowest BCUT2D eigenvalue weighted by Crippen LogP contribution is -2.38. The van der Waals surface area contributed by atoms with Crippen molar-refractivity contribution in [2.75, 3.05) is 6.54 Å². The second kappa shape index (κ2) is 7.14. The third-order valence-electron chi connectivity index (χ3n) is 4.64. The molecule has 2 N–H and O–H groups in total. The Balaban J connectivity index is 1.50. The van der Waals surface area contributed by atoms with Gasteiger partial charge in [0.1, 0.15) is 28.9 Å². The Morgan fingerprint density at radius 1 is 1.14 bits per heavy atom. The zero-order valence-electron chi connectivity index (χ0n) is 15.9. The summed E-state index contributed by atoms with van der Waals surface area (Å²) in [6, 6.07) is 15.3. The maximum absolute atomic E-state index is 12.6. The van der Waals surface area contributed by atoms with Crippen molar-refractivity contribution in [1.29, 1.82) is 0 Å². The van der Waals surface area contributed by atoms with E-state index in [-0.39, 0.29) is 17.2 Å². The Morgan fingerprint density at radius 3 is 2.52 bits per heavy atom. The molecule has 0 spiro atoms. The quantitative estimate of drug-likeness (QED) is 0.501. The average molecular weight is 412 g/mol. The zero-order valence-corrected chi connectivity index (χ0v) is 16.7. The van der Waals surface area contributed by atoms with Gasteiger partial charge in [-0.3, -0.25) is 0 Å². The fraction of sp³-hybridized carbons (Fsp3) is 0.190. The van der Waals surface area contributed by atoms with Gasteiger partial charge in [-0.15, -0.1) is 0 Å². The number of nitrogens with zero attached hydrogens (tertiary/aromatic N) is 1. The van der Waals surface area contributed by atoms with Crippen LogP contribution in [0.3, 0.4) is 0 Å². The number of fused-ring (bicyclic) bond motifs is 1. The molecule has 0 unspecified atom stereocenters. The van der Waals surface area contributed by atoms with Gasteiger partial charge in [-0.1, -0.05) is 30.3 Å². The number of aliphatic hydroxyl groups is 1. The van der Waals surface area contributed by atoms with Crippen molar-refractivity contribution in [2.24, 2.45) is 0 Å². The molecular weight excluding hydrogens is 392 g/mol. The van der Waals surface area contributed by atoms with Gasteiger partial charge in [-0.2, -0.15) is 0 Å². The molecule has 0 aliphatic rings. The van der Waals surface area contributed by atoms with Crippen molar-refractivity contribution in [3.63, 3.8) is 0 Å². The first-order valence-corrected chi connectivity index (χ1v) is 10.5. The Bertz CT molecular complexity index is 1220.